The lowest BCUT2D eigenvalue weighted by molar-refractivity contribution is 0.268. The Morgan fingerprint density at radius 2 is 1.92 bits per heavy atom. The summed E-state index contributed by atoms with van der Waals surface area (Å²) in [6.07, 6.45) is 11.4. The van der Waals surface area contributed by atoms with Gasteiger partial charge in [-0.2, -0.15) is 0 Å². The number of fused-ring (bicyclic) bond motifs is 1. The average Bonchev–Trinajstić information content (AvgIpc) is 3.21. The van der Waals surface area contributed by atoms with Crippen LogP contribution in [0.25, 0.3) is 11.1 Å². The molecule has 2 aromatic carbocycles. The van der Waals surface area contributed by atoms with Gasteiger partial charge in [-0.15, -0.1) is 0 Å². The van der Waals surface area contributed by atoms with Crippen molar-refractivity contribution >= 4 is 17.4 Å². The molecule has 1 atom stereocenters. The Balaban J connectivity index is 1.43. The van der Waals surface area contributed by atoms with Crippen molar-refractivity contribution in [3.05, 3.63) is 76.9 Å². The molecule has 25 heavy (non-hydrogen) atoms. The molecule has 1 heterocycles. The maximum Gasteiger partial charge on any atom is 0.123 e. The van der Waals surface area contributed by atoms with E-state index < -0.39 is 0 Å². The van der Waals surface area contributed by atoms with Gasteiger partial charge in [-0.3, -0.25) is 4.99 Å². The molecule has 0 spiro atoms. The molecular weight excluding hydrogens is 306 g/mol. The SMILES string of the molecule is Oc1ccccc1C1=CCC(c2ccc3c(c2)C=NC3C2CCC2)=C1. The zero-order valence-corrected chi connectivity index (χ0v) is 14.2. The van der Waals surface area contributed by atoms with Crippen LogP contribution in [0.15, 0.2) is 59.6 Å². The first kappa shape index (κ1) is 14.7. The van der Waals surface area contributed by atoms with Gasteiger partial charge < -0.3 is 5.11 Å². The summed E-state index contributed by atoms with van der Waals surface area (Å²) in [5.41, 5.74) is 7.27. The molecule has 0 aromatic heterocycles. The Bertz CT molecular complexity index is 931. The van der Waals surface area contributed by atoms with Crippen molar-refractivity contribution in [2.75, 3.05) is 0 Å². The summed E-state index contributed by atoms with van der Waals surface area (Å²) in [6, 6.07) is 14.7. The number of para-hydroxylation sites is 1. The molecule has 5 rings (SSSR count). The summed E-state index contributed by atoms with van der Waals surface area (Å²) < 4.78 is 0. The van der Waals surface area contributed by atoms with Crippen molar-refractivity contribution in [3.63, 3.8) is 0 Å². The van der Waals surface area contributed by atoms with Gasteiger partial charge in [-0.25, -0.2) is 0 Å². The van der Waals surface area contributed by atoms with Crippen LogP contribution in [0.3, 0.4) is 0 Å². The first-order valence-corrected chi connectivity index (χ1v) is 9.16. The quantitative estimate of drug-likeness (QED) is 0.789. The standard InChI is InChI=1S/C23H21NO/c25-22-7-2-1-6-20(22)18-9-8-16(12-18)17-10-11-21-19(13-17)14-24-23(21)15-4-3-5-15/h1-2,6-7,9-15,23,25H,3-5,8H2. The number of hydrogen-bond donors (Lipinski definition) is 1. The number of rotatable bonds is 3. The van der Waals surface area contributed by atoms with Crippen LogP contribution in [0.1, 0.15) is 54.0 Å². The molecular formula is C23H21NO. The van der Waals surface area contributed by atoms with Crippen LogP contribution in [0.4, 0.5) is 0 Å². The van der Waals surface area contributed by atoms with Crippen LogP contribution in [0.5, 0.6) is 5.75 Å². The number of benzene rings is 2. The number of aliphatic imine (C=N–C) groups is 1. The first-order valence-electron chi connectivity index (χ1n) is 9.16. The van der Waals surface area contributed by atoms with E-state index in [0.29, 0.717) is 11.8 Å². The number of aromatic hydroxyl groups is 1. The van der Waals surface area contributed by atoms with E-state index in [1.807, 2.05) is 18.2 Å². The van der Waals surface area contributed by atoms with Gasteiger partial charge in [0.05, 0.1) is 6.04 Å². The monoisotopic (exact) mass is 327 g/mol. The third-order valence-corrected chi connectivity index (χ3v) is 5.83. The zero-order chi connectivity index (χ0) is 16.8. The lowest BCUT2D eigenvalue weighted by atomic mass is 9.77. The largest absolute Gasteiger partial charge is 0.507 e. The number of phenolic OH excluding ortho intramolecular Hbond substituents is 1. The van der Waals surface area contributed by atoms with Crippen LogP contribution >= 0.6 is 0 Å². The van der Waals surface area contributed by atoms with Crippen LogP contribution in [0, 0.1) is 5.92 Å². The average molecular weight is 327 g/mol. The number of hydrogen-bond acceptors (Lipinski definition) is 2. The topological polar surface area (TPSA) is 32.6 Å². The molecule has 3 aliphatic rings. The van der Waals surface area contributed by atoms with Gasteiger partial charge >= 0.3 is 0 Å². The minimum absolute atomic E-state index is 0.343. The molecule has 2 nitrogen and oxygen atoms in total. The van der Waals surface area contributed by atoms with Gasteiger partial charge in [-0.05, 0) is 65.1 Å². The summed E-state index contributed by atoms with van der Waals surface area (Å²) in [5.74, 6) is 1.10. The van der Waals surface area contributed by atoms with Crippen LogP contribution in [0.2, 0.25) is 0 Å². The summed E-state index contributed by atoms with van der Waals surface area (Å²) in [5, 5.41) is 10.1. The second-order valence-corrected chi connectivity index (χ2v) is 7.31. The Labute approximate surface area is 148 Å². The van der Waals surface area contributed by atoms with Crippen LogP contribution in [-0.2, 0) is 0 Å². The van der Waals surface area contributed by atoms with E-state index in [4.69, 9.17) is 4.99 Å². The molecule has 1 fully saturated rings. The second-order valence-electron chi connectivity index (χ2n) is 7.31. The minimum atomic E-state index is 0.343. The summed E-state index contributed by atoms with van der Waals surface area (Å²) in [7, 11) is 0. The van der Waals surface area contributed by atoms with E-state index in [1.54, 1.807) is 6.07 Å². The molecule has 2 aliphatic carbocycles. The Kier molecular flexibility index (Phi) is 3.37. The Morgan fingerprint density at radius 1 is 1.04 bits per heavy atom. The minimum Gasteiger partial charge on any atom is -0.507 e. The molecule has 1 N–H and O–H groups in total. The van der Waals surface area contributed by atoms with Crippen molar-refractivity contribution in [1.82, 2.24) is 0 Å². The van der Waals surface area contributed by atoms with Gasteiger partial charge in [0.2, 0.25) is 0 Å². The Morgan fingerprint density at radius 3 is 2.72 bits per heavy atom. The highest BCUT2D eigenvalue weighted by Gasteiger charge is 2.31. The highest BCUT2D eigenvalue weighted by atomic mass is 16.3. The third kappa shape index (κ3) is 2.44. The molecule has 124 valence electrons. The first-order chi connectivity index (χ1) is 12.3. The lowest BCUT2D eigenvalue weighted by Crippen LogP contribution is -2.17. The molecule has 0 saturated heterocycles. The zero-order valence-electron chi connectivity index (χ0n) is 14.2. The van der Waals surface area contributed by atoms with E-state index in [2.05, 4.69) is 36.6 Å². The molecule has 2 heteroatoms. The van der Waals surface area contributed by atoms with Gasteiger partial charge in [0.1, 0.15) is 5.75 Å². The van der Waals surface area contributed by atoms with Crippen LogP contribution < -0.4 is 0 Å². The van der Waals surface area contributed by atoms with Gasteiger partial charge in [0.15, 0.2) is 0 Å². The number of nitrogens with zero attached hydrogens (tertiary/aromatic N) is 1. The normalized spacial score (nSPS) is 21.7. The van der Waals surface area contributed by atoms with E-state index >= 15 is 0 Å². The van der Waals surface area contributed by atoms with E-state index in [9.17, 15) is 5.11 Å². The van der Waals surface area contributed by atoms with E-state index in [-0.39, 0.29) is 0 Å². The summed E-state index contributed by atoms with van der Waals surface area (Å²) in [4.78, 5) is 4.78. The maximum absolute atomic E-state index is 10.1. The second kappa shape index (κ2) is 5.73. The summed E-state index contributed by atoms with van der Waals surface area (Å²) >= 11 is 0. The highest BCUT2D eigenvalue weighted by molar-refractivity contribution is 5.93. The fraction of sp³-hybridized carbons (Fsp3) is 0.261. The van der Waals surface area contributed by atoms with Crippen LogP contribution in [-0.4, -0.2) is 11.3 Å². The van der Waals surface area contributed by atoms with Crippen molar-refractivity contribution < 1.29 is 5.11 Å². The highest BCUT2D eigenvalue weighted by Crippen LogP contribution is 2.44. The van der Waals surface area contributed by atoms with Gasteiger partial charge in [0, 0.05) is 11.8 Å². The predicted octanol–water partition coefficient (Wildman–Crippen LogP) is 5.54. The molecule has 1 aliphatic heterocycles. The molecule has 2 aromatic rings. The maximum atomic E-state index is 10.1. The molecule has 0 bridgehead atoms. The van der Waals surface area contributed by atoms with Crippen molar-refractivity contribution in [2.45, 2.75) is 31.7 Å². The molecule has 0 radical (unpaired) electrons. The fourth-order valence-electron chi connectivity index (χ4n) is 4.16. The molecule has 1 unspecified atom stereocenters. The number of phenols is 1. The van der Waals surface area contributed by atoms with Gasteiger partial charge in [-0.1, -0.05) is 48.9 Å². The van der Waals surface area contributed by atoms with Crippen molar-refractivity contribution in [3.8, 4) is 5.75 Å². The number of allylic oxidation sites excluding steroid dienone is 4. The van der Waals surface area contributed by atoms with E-state index in [0.717, 1.165) is 23.5 Å². The molecule has 0 amide bonds. The lowest BCUT2D eigenvalue weighted by Gasteiger charge is -2.30. The Hall–Kier alpha value is -2.61. The smallest absolute Gasteiger partial charge is 0.123 e. The van der Waals surface area contributed by atoms with E-state index in [1.165, 1.54) is 41.5 Å². The van der Waals surface area contributed by atoms with Gasteiger partial charge in [0.25, 0.3) is 0 Å². The molecule has 1 saturated carbocycles. The fourth-order valence-corrected chi connectivity index (χ4v) is 4.16. The van der Waals surface area contributed by atoms with Crippen molar-refractivity contribution in [1.29, 1.82) is 0 Å². The predicted molar refractivity (Wildman–Crippen MR) is 103 cm³/mol. The summed E-state index contributed by atoms with van der Waals surface area (Å²) in [6.45, 7) is 0. The van der Waals surface area contributed by atoms with Crippen molar-refractivity contribution in [2.24, 2.45) is 10.9 Å². The third-order valence-electron chi connectivity index (χ3n) is 5.83.